The summed E-state index contributed by atoms with van der Waals surface area (Å²) in [6.07, 6.45) is 1.70. The molecule has 0 saturated carbocycles. The van der Waals surface area contributed by atoms with Crippen molar-refractivity contribution in [3.63, 3.8) is 0 Å². The van der Waals surface area contributed by atoms with Crippen molar-refractivity contribution in [2.24, 2.45) is 7.05 Å². The maximum absolute atomic E-state index is 11.8. The summed E-state index contributed by atoms with van der Waals surface area (Å²) < 4.78 is 1.60. The highest BCUT2D eigenvalue weighted by molar-refractivity contribution is 7.99. The number of rotatable bonds is 4. The number of amides is 2. The van der Waals surface area contributed by atoms with E-state index < -0.39 is 17.4 Å². The Morgan fingerprint density at radius 2 is 2.29 bits per heavy atom. The van der Waals surface area contributed by atoms with E-state index >= 15 is 0 Å². The van der Waals surface area contributed by atoms with Gasteiger partial charge in [0.1, 0.15) is 11.5 Å². The second-order valence-electron chi connectivity index (χ2n) is 4.15. The fourth-order valence-corrected chi connectivity index (χ4v) is 2.26. The number of H-pyrrole nitrogens is 1. The molecule has 0 aliphatic rings. The van der Waals surface area contributed by atoms with Crippen LogP contribution in [0, 0.1) is 0 Å². The summed E-state index contributed by atoms with van der Waals surface area (Å²) in [6, 6.07) is 4.45. The molecule has 2 amide bonds. The molecule has 0 aliphatic heterocycles. The average molecular weight is 307 g/mol. The summed E-state index contributed by atoms with van der Waals surface area (Å²) in [5, 5.41) is 2.48. The number of thioether (sulfide) groups is 1. The molecule has 0 aromatic carbocycles. The number of carbonyl (C=O) groups is 2. The Kier molecular flexibility index (Phi) is 4.43. The highest BCUT2D eigenvalue weighted by Gasteiger charge is 2.13. The summed E-state index contributed by atoms with van der Waals surface area (Å²) in [4.78, 5) is 41.0. The summed E-state index contributed by atoms with van der Waals surface area (Å²) in [5.74, 6) is -0.970. The smallest absolute Gasteiger partial charge is 0.274 e. The zero-order valence-corrected chi connectivity index (χ0v) is 11.9. The van der Waals surface area contributed by atoms with Crippen molar-refractivity contribution in [2.45, 2.75) is 5.16 Å². The fraction of sp³-hybridized carbons (Fsp3) is 0.167. The number of aromatic amines is 1. The maximum atomic E-state index is 11.8. The summed E-state index contributed by atoms with van der Waals surface area (Å²) in [6.45, 7) is 0. The van der Waals surface area contributed by atoms with Crippen molar-refractivity contribution in [1.82, 2.24) is 19.9 Å². The normalized spacial score (nSPS) is 10.3. The molecule has 2 aromatic rings. The zero-order chi connectivity index (χ0) is 15.4. The minimum Gasteiger partial charge on any atom is -0.383 e. The molecule has 0 bridgehead atoms. The minimum atomic E-state index is -0.490. The first-order valence-electron chi connectivity index (χ1n) is 5.91. The number of anilines is 1. The van der Waals surface area contributed by atoms with E-state index in [4.69, 9.17) is 5.73 Å². The molecule has 0 spiro atoms. The lowest BCUT2D eigenvalue weighted by Crippen LogP contribution is -2.33. The number of nitrogen functional groups attached to an aromatic ring is 1. The topological polar surface area (TPSA) is 123 Å². The van der Waals surface area contributed by atoms with E-state index in [9.17, 15) is 14.4 Å². The van der Waals surface area contributed by atoms with E-state index in [1.807, 2.05) is 0 Å². The van der Waals surface area contributed by atoms with Gasteiger partial charge in [-0.1, -0.05) is 11.8 Å². The predicted molar refractivity (Wildman–Crippen MR) is 77.9 cm³/mol. The third kappa shape index (κ3) is 3.96. The largest absolute Gasteiger partial charge is 0.383 e. The lowest BCUT2D eigenvalue weighted by Gasteiger charge is -2.05. The van der Waals surface area contributed by atoms with Crippen molar-refractivity contribution in [1.29, 1.82) is 0 Å². The molecule has 8 nitrogen and oxygen atoms in total. The molecule has 0 aliphatic carbocycles. The van der Waals surface area contributed by atoms with Gasteiger partial charge in [0.15, 0.2) is 5.16 Å². The Labute approximate surface area is 123 Å². The lowest BCUT2D eigenvalue weighted by atomic mass is 10.4. The molecule has 0 atom stereocenters. The number of imide groups is 1. The third-order valence-corrected chi connectivity index (χ3v) is 3.38. The van der Waals surface area contributed by atoms with Crippen LogP contribution in [0.2, 0.25) is 0 Å². The van der Waals surface area contributed by atoms with Crippen molar-refractivity contribution < 1.29 is 9.59 Å². The number of nitrogens with zero attached hydrogens (tertiary/aromatic N) is 2. The highest BCUT2D eigenvalue weighted by atomic mass is 32.2. The SMILES string of the molecule is Cn1cccc1C(=O)NC(=O)CSc1nc(N)cc(=O)[nH]1. The second kappa shape index (κ2) is 6.27. The van der Waals surface area contributed by atoms with Crippen molar-refractivity contribution in [3.8, 4) is 0 Å². The Morgan fingerprint density at radius 1 is 1.52 bits per heavy atom. The average Bonchev–Trinajstić information content (AvgIpc) is 2.81. The first-order chi connectivity index (χ1) is 9.95. The maximum Gasteiger partial charge on any atom is 0.274 e. The van der Waals surface area contributed by atoms with Crippen molar-refractivity contribution >= 4 is 29.4 Å². The first-order valence-corrected chi connectivity index (χ1v) is 6.89. The molecular formula is C12H13N5O3S. The van der Waals surface area contributed by atoms with Gasteiger partial charge in [0.05, 0.1) is 5.75 Å². The van der Waals surface area contributed by atoms with E-state index in [1.54, 1.807) is 29.9 Å². The summed E-state index contributed by atoms with van der Waals surface area (Å²) in [5.41, 5.74) is 5.41. The molecule has 0 unspecified atom stereocenters. The monoisotopic (exact) mass is 307 g/mol. The molecule has 0 radical (unpaired) electrons. The number of hydrogen-bond acceptors (Lipinski definition) is 6. The van der Waals surface area contributed by atoms with Crippen LogP contribution in [0.1, 0.15) is 10.5 Å². The van der Waals surface area contributed by atoms with E-state index in [2.05, 4.69) is 15.3 Å². The van der Waals surface area contributed by atoms with Gasteiger partial charge in [0.2, 0.25) is 5.91 Å². The molecule has 21 heavy (non-hydrogen) atoms. The predicted octanol–water partition coefficient (Wildman–Crippen LogP) is -0.261. The minimum absolute atomic E-state index is 0.0669. The van der Waals surface area contributed by atoms with Gasteiger partial charge < -0.3 is 15.3 Å². The van der Waals surface area contributed by atoms with Crippen LogP contribution in [-0.2, 0) is 11.8 Å². The van der Waals surface area contributed by atoms with Crippen LogP contribution in [0.25, 0.3) is 0 Å². The van der Waals surface area contributed by atoms with Crippen molar-refractivity contribution in [2.75, 3.05) is 11.5 Å². The number of aryl methyl sites for hydroxylation is 1. The van der Waals surface area contributed by atoms with Crippen LogP contribution in [0.5, 0.6) is 0 Å². The van der Waals surface area contributed by atoms with Crippen LogP contribution in [0.15, 0.2) is 34.3 Å². The Bertz CT molecular complexity index is 736. The fourth-order valence-electron chi connectivity index (χ4n) is 1.58. The number of aromatic nitrogens is 3. The number of nitrogens with one attached hydrogen (secondary N) is 2. The Morgan fingerprint density at radius 3 is 2.90 bits per heavy atom. The number of nitrogens with two attached hydrogens (primary N) is 1. The first kappa shape index (κ1) is 14.9. The Hall–Kier alpha value is -2.55. The number of carbonyl (C=O) groups excluding carboxylic acids is 2. The van der Waals surface area contributed by atoms with Gasteiger partial charge in [-0.3, -0.25) is 19.7 Å². The molecule has 2 aromatic heterocycles. The van der Waals surface area contributed by atoms with E-state index in [-0.39, 0.29) is 16.7 Å². The molecular weight excluding hydrogens is 294 g/mol. The van der Waals surface area contributed by atoms with Crippen LogP contribution < -0.4 is 16.6 Å². The van der Waals surface area contributed by atoms with Gasteiger partial charge in [-0.15, -0.1) is 0 Å². The third-order valence-electron chi connectivity index (χ3n) is 2.51. The van der Waals surface area contributed by atoms with Gasteiger partial charge in [0.25, 0.3) is 11.5 Å². The quantitative estimate of drug-likeness (QED) is 0.528. The second-order valence-corrected chi connectivity index (χ2v) is 5.11. The zero-order valence-electron chi connectivity index (χ0n) is 11.1. The van der Waals surface area contributed by atoms with E-state index in [0.29, 0.717) is 5.69 Å². The number of hydrogen-bond donors (Lipinski definition) is 3. The standard InChI is InChI=1S/C12H13N5O3S/c1-17-4-2-3-7(17)11(20)15-10(19)6-21-12-14-8(13)5-9(18)16-12/h2-5H,6H2,1H3,(H,15,19,20)(H3,13,14,16,18). The van der Waals surface area contributed by atoms with Gasteiger partial charge in [-0.05, 0) is 12.1 Å². The molecule has 4 N–H and O–H groups in total. The van der Waals surface area contributed by atoms with Crippen LogP contribution in [-0.4, -0.2) is 32.1 Å². The summed E-state index contributed by atoms with van der Waals surface area (Å²) >= 11 is 0.983. The van der Waals surface area contributed by atoms with Crippen molar-refractivity contribution in [3.05, 3.63) is 40.4 Å². The van der Waals surface area contributed by atoms with Crippen LogP contribution in [0.4, 0.5) is 5.82 Å². The van der Waals surface area contributed by atoms with Gasteiger partial charge in [-0.2, -0.15) is 0 Å². The Balaban J connectivity index is 1.92. The molecule has 2 heterocycles. The van der Waals surface area contributed by atoms with Gasteiger partial charge in [0, 0.05) is 19.3 Å². The lowest BCUT2D eigenvalue weighted by molar-refractivity contribution is -0.117. The van der Waals surface area contributed by atoms with E-state index in [0.717, 1.165) is 17.8 Å². The molecule has 0 fully saturated rings. The molecule has 2 rings (SSSR count). The van der Waals surface area contributed by atoms with Gasteiger partial charge >= 0.3 is 0 Å². The molecule has 0 saturated heterocycles. The van der Waals surface area contributed by atoms with E-state index in [1.165, 1.54) is 0 Å². The van der Waals surface area contributed by atoms with Gasteiger partial charge in [-0.25, -0.2) is 4.98 Å². The molecule has 110 valence electrons. The van der Waals surface area contributed by atoms with Crippen LogP contribution >= 0.6 is 11.8 Å². The molecule has 9 heteroatoms. The summed E-state index contributed by atoms with van der Waals surface area (Å²) in [7, 11) is 1.70. The van der Waals surface area contributed by atoms with Crippen LogP contribution in [0.3, 0.4) is 0 Å². The highest BCUT2D eigenvalue weighted by Crippen LogP contribution is 2.11.